The third kappa shape index (κ3) is 1.63. The van der Waals surface area contributed by atoms with E-state index in [0.29, 0.717) is 0 Å². The van der Waals surface area contributed by atoms with Crippen molar-refractivity contribution in [3.05, 3.63) is 53.6 Å². The van der Waals surface area contributed by atoms with Crippen molar-refractivity contribution in [2.75, 3.05) is 0 Å². The van der Waals surface area contributed by atoms with Gasteiger partial charge in [-0.05, 0) is 36.1 Å². The van der Waals surface area contributed by atoms with Crippen molar-refractivity contribution < 1.29 is 4.79 Å². The van der Waals surface area contributed by atoms with Gasteiger partial charge in [0, 0.05) is 4.90 Å². The molecule has 1 aromatic carbocycles. The molecule has 0 spiro atoms. The van der Waals surface area contributed by atoms with Crippen LogP contribution in [0.25, 0.3) is 0 Å². The Kier molecular flexibility index (Phi) is 2.44. The zero-order chi connectivity index (χ0) is 11.0. The maximum absolute atomic E-state index is 11.8. The summed E-state index contributed by atoms with van der Waals surface area (Å²) in [5.74, 6) is 0.235. The van der Waals surface area contributed by atoms with Gasteiger partial charge in [-0.25, -0.2) is 0 Å². The summed E-state index contributed by atoms with van der Waals surface area (Å²) in [7, 11) is 0. The van der Waals surface area contributed by atoms with Crippen LogP contribution in [0.4, 0.5) is 0 Å². The molecule has 0 saturated carbocycles. The van der Waals surface area contributed by atoms with Crippen LogP contribution in [-0.2, 0) is 11.2 Å². The molecule has 1 aliphatic heterocycles. The van der Waals surface area contributed by atoms with E-state index in [0.717, 1.165) is 12.8 Å². The van der Waals surface area contributed by atoms with Crippen LogP contribution in [0.2, 0.25) is 0 Å². The quantitative estimate of drug-likeness (QED) is 0.634. The Labute approximate surface area is 99.2 Å². The van der Waals surface area contributed by atoms with Crippen LogP contribution in [0.15, 0.2) is 53.0 Å². The van der Waals surface area contributed by atoms with Crippen molar-refractivity contribution >= 4 is 17.5 Å². The molecule has 1 atom stereocenters. The van der Waals surface area contributed by atoms with Crippen molar-refractivity contribution in [1.29, 1.82) is 0 Å². The summed E-state index contributed by atoms with van der Waals surface area (Å²) in [5, 5.41) is 0.0219. The third-order valence-electron chi connectivity index (χ3n) is 3.03. The zero-order valence-electron chi connectivity index (χ0n) is 8.85. The molecule has 0 radical (unpaired) electrons. The van der Waals surface area contributed by atoms with E-state index in [-0.39, 0.29) is 11.0 Å². The van der Waals surface area contributed by atoms with E-state index < -0.39 is 0 Å². The van der Waals surface area contributed by atoms with Gasteiger partial charge >= 0.3 is 0 Å². The minimum atomic E-state index is 0.0219. The maximum Gasteiger partial charge on any atom is 0.172 e. The maximum atomic E-state index is 11.8. The standard InChI is InChI=1S/C14H12OS/c15-12-6-3-5-11-9-8-10-4-1-2-7-13(10)16-14(11)12/h1-4,6-7,9,14H,5,8H2. The molecule has 0 fully saturated rings. The number of thioether (sulfide) groups is 1. The molecule has 80 valence electrons. The van der Waals surface area contributed by atoms with Crippen LogP contribution in [-0.4, -0.2) is 11.0 Å². The van der Waals surface area contributed by atoms with Gasteiger partial charge in [-0.1, -0.05) is 30.4 Å². The number of hydrogen-bond acceptors (Lipinski definition) is 2. The fraction of sp³-hybridized carbons (Fsp3) is 0.214. The lowest BCUT2D eigenvalue weighted by Gasteiger charge is -2.18. The highest BCUT2D eigenvalue weighted by molar-refractivity contribution is 8.01. The average molecular weight is 228 g/mol. The molecule has 16 heavy (non-hydrogen) atoms. The van der Waals surface area contributed by atoms with Crippen LogP contribution in [0.1, 0.15) is 12.0 Å². The van der Waals surface area contributed by atoms with Gasteiger partial charge in [-0.3, -0.25) is 4.79 Å². The molecule has 0 saturated heterocycles. The monoisotopic (exact) mass is 228 g/mol. The number of benzene rings is 1. The van der Waals surface area contributed by atoms with Crippen LogP contribution < -0.4 is 0 Å². The second kappa shape index (κ2) is 3.95. The minimum absolute atomic E-state index is 0.0219. The van der Waals surface area contributed by atoms with Gasteiger partial charge in [0.1, 0.15) is 0 Å². The smallest absolute Gasteiger partial charge is 0.172 e. The van der Waals surface area contributed by atoms with Crippen LogP contribution in [0.3, 0.4) is 0 Å². The molecule has 0 bridgehead atoms. The Morgan fingerprint density at radius 2 is 2.06 bits per heavy atom. The summed E-state index contributed by atoms with van der Waals surface area (Å²) >= 11 is 1.70. The fourth-order valence-electron chi connectivity index (χ4n) is 2.17. The van der Waals surface area contributed by atoms with Crippen LogP contribution >= 0.6 is 11.8 Å². The molecule has 1 nitrogen and oxygen atoms in total. The zero-order valence-corrected chi connectivity index (χ0v) is 9.67. The van der Waals surface area contributed by atoms with Gasteiger partial charge < -0.3 is 0 Å². The predicted octanol–water partition coefficient (Wildman–Crippen LogP) is 3.16. The molecule has 0 N–H and O–H groups in total. The molecule has 0 aromatic heterocycles. The number of allylic oxidation sites excluding steroid dienone is 3. The lowest BCUT2D eigenvalue weighted by atomic mass is 9.97. The van der Waals surface area contributed by atoms with Crippen molar-refractivity contribution in [3.8, 4) is 0 Å². The van der Waals surface area contributed by atoms with E-state index in [1.807, 2.05) is 12.1 Å². The van der Waals surface area contributed by atoms with Crippen molar-refractivity contribution in [2.24, 2.45) is 0 Å². The second-order valence-corrected chi connectivity index (χ2v) is 5.24. The summed E-state index contributed by atoms with van der Waals surface area (Å²) in [6.07, 6.45) is 7.81. The summed E-state index contributed by atoms with van der Waals surface area (Å²) in [6, 6.07) is 8.37. The molecule has 2 heteroatoms. The average Bonchev–Trinajstić information content (AvgIpc) is 2.50. The van der Waals surface area contributed by atoms with E-state index in [9.17, 15) is 4.79 Å². The number of carbonyl (C=O) groups is 1. The molecule has 3 rings (SSSR count). The normalized spacial score (nSPS) is 23.1. The van der Waals surface area contributed by atoms with E-state index in [2.05, 4.69) is 24.3 Å². The molecule has 2 aliphatic rings. The van der Waals surface area contributed by atoms with Gasteiger partial charge in [-0.2, -0.15) is 0 Å². The van der Waals surface area contributed by atoms with E-state index >= 15 is 0 Å². The number of ketones is 1. The molecule has 1 heterocycles. The van der Waals surface area contributed by atoms with Gasteiger partial charge in [-0.15, -0.1) is 11.8 Å². The molecule has 1 unspecified atom stereocenters. The summed E-state index contributed by atoms with van der Waals surface area (Å²) in [5.41, 5.74) is 2.61. The van der Waals surface area contributed by atoms with Crippen molar-refractivity contribution in [2.45, 2.75) is 23.0 Å². The first-order valence-electron chi connectivity index (χ1n) is 5.48. The molecule has 1 aromatic rings. The first kappa shape index (κ1) is 9.91. The Morgan fingerprint density at radius 1 is 1.19 bits per heavy atom. The van der Waals surface area contributed by atoms with Gasteiger partial charge in [0.25, 0.3) is 0 Å². The number of fused-ring (bicyclic) bond motifs is 2. The Hall–Kier alpha value is -1.28. The summed E-state index contributed by atoms with van der Waals surface area (Å²) in [4.78, 5) is 13.1. The van der Waals surface area contributed by atoms with E-state index in [4.69, 9.17) is 0 Å². The Morgan fingerprint density at radius 3 is 3.00 bits per heavy atom. The van der Waals surface area contributed by atoms with Gasteiger partial charge in [0.15, 0.2) is 5.78 Å². The lowest BCUT2D eigenvalue weighted by molar-refractivity contribution is -0.113. The predicted molar refractivity (Wildman–Crippen MR) is 66.6 cm³/mol. The molecular formula is C14H12OS. The number of carbonyl (C=O) groups excluding carboxylic acids is 1. The van der Waals surface area contributed by atoms with Crippen LogP contribution in [0.5, 0.6) is 0 Å². The number of hydrogen-bond donors (Lipinski definition) is 0. The first-order valence-corrected chi connectivity index (χ1v) is 6.36. The van der Waals surface area contributed by atoms with Crippen LogP contribution in [0, 0.1) is 0 Å². The molecular weight excluding hydrogens is 216 g/mol. The summed E-state index contributed by atoms with van der Waals surface area (Å²) in [6.45, 7) is 0. The van der Waals surface area contributed by atoms with E-state index in [1.165, 1.54) is 16.0 Å². The third-order valence-corrected chi connectivity index (χ3v) is 4.46. The van der Waals surface area contributed by atoms with Crippen molar-refractivity contribution in [3.63, 3.8) is 0 Å². The minimum Gasteiger partial charge on any atom is -0.293 e. The highest BCUT2D eigenvalue weighted by Crippen LogP contribution is 2.37. The number of rotatable bonds is 0. The Bertz CT molecular complexity index is 499. The SMILES string of the molecule is O=C1C=CCC2=CCc3ccccc3SC12. The molecule has 1 aliphatic carbocycles. The second-order valence-electron chi connectivity index (χ2n) is 4.10. The lowest BCUT2D eigenvalue weighted by Crippen LogP contribution is -2.20. The summed E-state index contributed by atoms with van der Waals surface area (Å²) < 4.78 is 0. The first-order chi connectivity index (χ1) is 7.84. The largest absolute Gasteiger partial charge is 0.293 e. The topological polar surface area (TPSA) is 17.1 Å². The van der Waals surface area contributed by atoms with Gasteiger partial charge in [0.05, 0.1) is 5.25 Å². The van der Waals surface area contributed by atoms with Crippen molar-refractivity contribution in [1.82, 2.24) is 0 Å². The fourth-order valence-corrected chi connectivity index (χ4v) is 3.42. The highest BCUT2D eigenvalue weighted by Gasteiger charge is 2.26. The highest BCUT2D eigenvalue weighted by atomic mass is 32.2. The van der Waals surface area contributed by atoms with E-state index in [1.54, 1.807) is 17.8 Å². The van der Waals surface area contributed by atoms with Gasteiger partial charge in [0.2, 0.25) is 0 Å². The molecule has 0 amide bonds. The Balaban J connectivity index is 2.04.